The van der Waals surface area contributed by atoms with Crippen molar-refractivity contribution >= 4 is 0 Å². The molecule has 0 radical (unpaired) electrons. The van der Waals surface area contributed by atoms with E-state index in [9.17, 15) is 5.11 Å². The van der Waals surface area contributed by atoms with E-state index in [0.717, 1.165) is 6.42 Å². The summed E-state index contributed by atoms with van der Waals surface area (Å²) in [6.45, 7) is 1.88. The summed E-state index contributed by atoms with van der Waals surface area (Å²) in [5, 5.41) is 13.3. The molecule has 2 atom stereocenters. The van der Waals surface area contributed by atoms with Gasteiger partial charge in [-0.05, 0) is 25.1 Å². The van der Waals surface area contributed by atoms with Gasteiger partial charge < -0.3 is 10.4 Å². The second-order valence-electron chi connectivity index (χ2n) is 3.95. The van der Waals surface area contributed by atoms with Crippen molar-refractivity contribution in [2.75, 3.05) is 7.05 Å². The molecule has 2 N–H and O–H groups in total. The number of fused-ring (bicyclic) bond motifs is 1. The van der Waals surface area contributed by atoms with Crippen molar-refractivity contribution in [2.24, 2.45) is 0 Å². The zero-order valence-electron chi connectivity index (χ0n) is 8.04. The van der Waals surface area contributed by atoms with Crippen molar-refractivity contribution in [1.29, 1.82) is 0 Å². The molecule has 0 amide bonds. The fourth-order valence-corrected chi connectivity index (χ4v) is 2.27. The molecule has 2 rings (SSSR count). The Morgan fingerprint density at radius 2 is 2.15 bits per heavy atom. The molecule has 0 aliphatic heterocycles. The summed E-state index contributed by atoms with van der Waals surface area (Å²) in [5.74, 6) is 0. The molecule has 2 unspecified atom stereocenters. The van der Waals surface area contributed by atoms with Gasteiger partial charge in [0.2, 0.25) is 0 Å². The molecule has 1 aromatic rings. The van der Waals surface area contributed by atoms with E-state index in [1.54, 1.807) is 0 Å². The van der Waals surface area contributed by atoms with Crippen LogP contribution in [0.25, 0.3) is 0 Å². The van der Waals surface area contributed by atoms with Crippen LogP contribution in [0.4, 0.5) is 0 Å². The maximum absolute atomic E-state index is 10.1. The predicted molar refractivity (Wildman–Crippen MR) is 52.6 cm³/mol. The lowest BCUT2D eigenvalue weighted by Gasteiger charge is -2.25. The van der Waals surface area contributed by atoms with E-state index in [-0.39, 0.29) is 6.04 Å². The average Bonchev–Trinajstić information content (AvgIpc) is 2.33. The molecule has 1 aliphatic carbocycles. The Kier molecular flexibility index (Phi) is 1.90. The van der Waals surface area contributed by atoms with Gasteiger partial charge in [-0.25, -0.2) is 0 Å². The molecule has 70 valence electrons. The lowest BCUT2D eigenvalue weighted by atomic mass is 9.98. The molecular formula is C11H15NO. The lowest BCUT2D eigenvalue weighted by Crippen LogP contribution is -2.36. The molecule has 0 bridgehead atoms. The first-order chi connectivity index (χ1) is 6.15. The molecule has 1 aliphatic rings. The summed E-state index contributed by atoms with van der Waals surface area (Å²) in [5.41, 5.74) is 1.85. The number of hydrogen-bond donors (Lipinski definition) is 2. The maximum atomic E-state index is 10.1. The normalized spacial score (nSPS) is 31.8. The summed E-state index contributed by atoms with van der Waals surface area (Å²) >= 11 is 0. The van der Waals surface area contributed by atoms with Crippen molar-refractivity contribution in [3.8, 4) is 0 Å². The van der Waals surface area contributed by atoms with Gasteiger partial charge in [0, 0.05) is 6.42 Å². The number of hydrogen-bond acceptors (Lipinski definition) is 2. The summed E-state index contributed by atoms with van der Waals surface area (Å²) < 4.78 is 0. The maximum Gasteiger partial charge on any atom is 0.0853 e. The molecule has 13 heavy (non-hydrogen) atoms. The van der Waals surface area contributed by atoms with Crippen LogP contribution in [-0.2, 0) is 6.42 Å². The van der Waals surface area contributed by atoms with Gasteiger partial charge in [0.15, 0.2) is 0 Å². The van der Waals surface area contributed by atoms with Crippen molar-refractivity contribution in [2.45, 2.75) is 25.0 Å². The van der Waals surface area contributed by atoms with E-state index in [1.165, 1.54) is 11.1 Å². The molecular weight excluding hydrogens is 162 g/mol. The second kappa shape index (κ2) is 2.82. The van der Waals surface area contributed by atoms with E-state index >= 15 is 0 Å². The lowest BCUT2D eigenvalue weighted by molar-refractivity contribution is 0.0342. The van der Waals surface area contributed by atoms with E-state index < -0.39 is 5.60 Å². The van der Waals surface area contributed by atoms with E-state index in [4.69, 9.17) is 0 Å². The second-order valence-corrected chi connectivity index (χ2v) is 3.95. The van der Waals surface area contributed by atoms with E-state index in [1.807, 2.05) is 26.1 Å². The quantitative estimate of drug-likeness (QED) is 0.676. The first-order valence-electron chi connectivity index (χ1n) is 4.62. The third-order valence-electron chi connectivity index (χ3n) is 2.83. The minimum Gasteiger partial charge on any atom is -0.388 e. The van der Waals surface area contributed by atoms with Crippen molar-refractivity contribution < 1.29 is 5.11 Å². The molecule has 2 nitrogen and oxygen atoms in total. The third kappa shape index (κ3) is 1.26. The fourth-order valence-electron chi connectivity index (χ4n) is 2.27. The van der Waals surface area contributed by atoms with Gasteiger partial charge in [-0.1, -0.05) is 24.3 Å². The van der Waals surface area contributed by atoms with E-state index in [0.29, 0.717) is 0 Å². The third-order valence-corrected chi connectivity index (χ3v) is 2.83. The first kappa shape index (κ1) is 8.73. The van der Waals surface area contributed by atoms with Gasteiger partial charge in [-0.2, -0.15) is 0 Å². The van der Waals surface area contributed by atoms with Gasteiger partial charge in [0.1, 0.15) is 0 Å². The highest BCUT2D eigenvalue weighted by Gasteiger charge is 2.39. The highest BCUT2D eigenvalue weighted by molar-refractivity contribution is 5.38. The summed E-state index contributed by atoms with van der Waals surface area (Å²) in [4.78, 5) is 0. The number of aliphatic hydroxyl groups is 1. The molecule has 0 heterocycles. The zero-order chi connectivity index (χ0) is 9.47. The van der Waals surface area contributed by atoms with Crippen molar-refractivity contribution in [1.82, 2.24) is 5.32 Å². The van der Waals surface area contributed by atoms with Crippen LogP contribution in [0.1, 0.15) is 24.1 Å². The van der Waals surface area contributed by atoms with Gasteiger partial charge in [-0.3, -0.25) is 0 Å². The summed E-state index contributed by atoms with van der Waals surface area (Å²) in [7, 11) is 1.89. The minimum absolute atomic E-state index is 0.0729. The Bertz CT molecular complexity index is 320. The van der Waals surface area contributed by atoms with Crippen molar-refractivity contribution in [3.05, 3.63) is 35.4 Å². The van der Waals surface area contributed by atoms with Crippen LogP contribution in [0, 0.1) is 0 Å². The Labute approximate surface area is 78.6 Å². The van der Waals surface area contributed by atoms with Crippen LogP contribution < -0.4 is 5.32 Å². The highest BCUT2D eigenvalue weighted by Crippen LogP contribution is 2.38. The summed E-state index contributed by atoms with van der Waals surface area (Å²) in [6.07, 6.45) is 0.745. The van der Waals surface area contributed by atoms with Crippen LogP contribution in [0.3, 0.4) is 0 Å². The SMILES string of the molecule is CNC1c2ccccc2CC1(C)O. The van der Waals surface area contributed by atoms with Crippen LogP contribution in [0.5, 0.6) is 0 Å². The van der Waals surface area contributed by atoms with Crippen LogP contribution in [-0.4, -0.2) is 17.8 Å². The number of benzene rings is 1. The van der Waals surface area contributed by atoms with E-state index in [2.05, 4.69) is 17.4 Å². The number of rotatable bonds is 1. The van der Waals surface area contributed by atoms with Crippen molar-refractivity contribution in [3.63, 3.8) is 0 Å². The van der Waals surface area contributed by atoms with Gasteiger partial charge in [-0.15, -0.1) is 0 Å². The Morgan fingerprint density at radius 1 is 1.46 bits per heavy atom. The largest absolute Gasteiger partial charge is 0.388 e. The summed E-state index contributed by atoms with van der Waals surface area (Å²) in [6, 6.07) is 8.28. The molecule has 2 heteroatoms. The van der Waals surface area contributed by atoms with Crippen LogP contribution in [0.2, 0.25) is 0 Å². The molecule has 0 spiro atoms. The molecule has 0 fully saturated rings. The average molecular weight is 177 g/mol. The smallest absolute Gasteiger partial charge is 0.0853 e. The standard InChI is InChI=1S/C11H15NO/c1-11(13)7-8-5-3-4-6-9(8)10(11)12-2/h3-6,10,12-13H,7H2,1-2H3. The van der Waals surface area contributed by atoms with Crippen LogP contribution in [0.15, 0.2) is 24.3 Å². The molecule has 1 aromatic carbocycles. The van der Waals surface area contributed by atoms with Gasteiger partial charge in [0.25, 0.3) is 0 Å². The fraction of sp³-hybridized carbons (Fsp3) is 0.455. The monoisotopic (exact) mass is 177 g/mol. The number of nitrogens with one attached hydrogen (secondary N) is 1. The predicted octanol–water partition coefficient (Wildman–Crippen LogP) is 1.25. The molecule has 0 aromatic heterocycles. The van der Waals surface area contributed by atoms with Crippen LogP contribution >= 0.6 is 0 Å². The zero-order valence-corrected chi connectivity index (χ0v) is 8.04. The first-order valence-corrected chi connectivity index (χ1v) is 4.62. The minimum atomic E-state index is -0.640. The van der Waals surface area contributed by atoms with Gasteiger partial charge >= 0.3 is 0 Å². The topological polar surface area (TPSA) is 32.3 Å². The highest BCUT2D eigenvalue weighted by atomic mass is 16.3. The molecule has 0 saturated carbocycles. The Balaban J connectivity index is 2.46. The Hall–Kier alpha value is -0.860. The van der Waals surface area contributed by atoms with Gasteiger partial charge in [0.05, 0.1) is 11.6 Å². The Morgan fingerprint density at radius 3 is 2.85 bits per heavy atom. The molecule has 0 saturated heterocycles. The number of likely N-dealkylation sites (N-methyl/N-ethyl adjacent to an activating group) is 1.